The van der Waals surface area contributed by atoms with Crippen LogP contribution >= 0.6 is 11.3 Å². The fraction of sp³-hybridized carbons (Fsp3) is 0.562. The minimum Gasteiger partial charge on any atom is -0.395 e. The number of aliphatic hydroxyl groups excluding tert-OH is 1. The molecule has 1 aromatic rings. The second kappa shape index (κ2) is 7.47. The van der Waals surface area contributed by atoms with Crippen LogP contribution < -0.4 is 0 Å². The van der Waals surface area contributed by atoms with Crippen LogP contribution in [-0.4, -0.2) is 29.6 Å². The predicted octanol–water partition coefficient (Wildman–Crippen LogP) is 2.88. The molecule has 1 N–H and O–H groups in total. The Balaban J connectivity index is 2.57. The highest BCUT2D eigenvalue weighted by Gasteiger charge is 2.19. The lowest BCUT2D eigenvalue weighted by Gasteiger charge is -2.23. The van der Waals surface area contributed by atoms with Gasteiger partial charge in [-0.3, -0.25) is 4.79 Å². The summed E-state index contributed by atoms with van der Waals surface area (Å²) in [6, 6.07) is 2.01. The minimum absolute atomic E-state index is 0.0148. The van der Waals surface area contributed by atoms with Crippen LogP contribution in [0, 0.1) is 17.3 Å². The number of rotatable bonds is 4. The van der Waals surface area contributed by atoms with E-state index in [9.17, 15) is 4.79 Å². The van der Waals surface area contributed by atoms with E-state index in [1.807, 2.05) is 18.5 Å². The lowest BCUT2D eigenvalue weighted by Crippen LogP contribution is -2.29. The molecule has 0 atom stereocenters. The van der Waals surface area contributed by atoms with Crippen molar-refractivity contribution in [3.05, 3.63) is 21.9 Å². The number of nitrogens with zero attached hydrogens (tertiary/aromatic N) is 1. The van der Waals surface area contributed by atoms with Gasteiger partial charge in [-0.05, 0) is 22.4 Å². The molecule has 4 heteroatoms. The van der Waals surface area contributed by atoms with Crippen molar-refractivity contribution in [3.8, 4) is 11.8 Å². The first-order valence-corrected chi connectivity index (χ1v) is 7.61. The molecule has 0 unspecified atom stereocenters. The molecule has 0 fully saturated rings. The summed E-state index contributed by atoms with van der Waals surface area (Å²) in [5.74, 6) is 6.08. The first kappa shape index (κ1) is 16.7. The third-order valence-electron chi connectivity index (χ3n) is 2.63. The molecular formula is C16H23NO2S. The van der Waals surface area contributed by atoms with E-state index in [1.54, 1.807) is 16.2 Å². The molecule has 0 saturated carbocycles. The molecule has 3 nitrogen and oxygen atoms in total. The van der Waals surface area contributed by atoms with Crippen molar-refractivity contribution in [2.45, 2.75) is 40.2 Å². The topological polar surface area (TPSA) is 40.5 Å². The fourth-order valence-corrected chi connectivity index (χ4v) is 2.45. The highest BCUT2D eigenvalue weighted by Crippen LogP contribution is 2.21. The molecular weight excluding hydrogens is 270 g/mol. The Bertz CT molecular complexity index is 503. The summed E-state index contributed by atoms with van der Waals surface area (Å²) >= 11 is 1.57. The first-order valence-electron chi connectivity index (χ1n) is 6.73. The summed E-state index contributed by atoms with van der Waals surface area (Å²) in [6.07, 6.45) is 1.05. The molecule has 0 aliphatic rings. The molecule has 110 valence electrons. The van der Waals surface area contributed by atoms with E-state index in [-0.39, 0.29) is 17.9 Å². The summed E-state index contributed by atoms with van der Waals surface area (Å²) in [5.41, 5.74) is 1.12. The molecule has 20 heavy (non-hydrogen) atoms. The van der Waals surface area contributed by atoms with Crippen molar-refractivity contribution < 1.29 is 9.90 Å². The van der Waals surface area contributed by atoms with E-state index in [1.165, 1.54) is 0 Å². The van der Waals surface area contributed by atoms with Gasteiger partial charge in [-0.15, -0.1) is 11.3 Å². The molecule has 1 heterocycles. The minimum atomic E-state index is 0.0148. The second-order valence-corrected chi connectivity index (χ2v) is 6.99. The number of thiophene rings is 1. The summed E-state index contributed by atoms with van der Waals surface area (Å²) in [7, 11) is 1.84. The first-order chi connectivity index (χ1) is 9.31. The van der Waals surface area contributed by atoms with E-state index in [0.29, 0.717) is 19.4 Å². The number of carbonyl (C=O) groups excluding carboxylic acids is 1. The number of aliphatic hydroxyl groups is 1. The molecule has 0 aliphatic carbocycles. The van der Waals surface area contributed by atoms with Crippen molar-refractivity contribution in [1.29, 1.82) is 0 Å². The molecule has 0 aliphatic heterocycles. The Kier molecular flexibility index (Phi) is 6.25. The van der Waals surface area contributed by atoms with E-state index >= 15 is 0 Å². The Hall–Kier alpha value is -1.31. The van der Waals surface area contributed by atoms with E-state index in [2.05, 4.69) is 32.6 Å². The SMILES string of the molecule is CN(Cc1csc(C#CCCO)c1)C(=O)CC(C)(C)C. The van der Waals surface area contributed by atoms with Crippen molar-refractivity contribution in [2.75, 3.05) is 13.7 Å². The quantitative estimate of drug-likeness (QED) is 0.867. The van der Waals surface area contributed by atoms with E-state index in [4.69, 9.17) is 5.11 Å². The predicted molar refractivity (Wildman–Crippen MR) is 83.4 cm³/mol. The monoisotopic (exact) mass is 293 g/mol. The third kappa shape index (κ3) is 6.23. The Morgan fingerprint density at radius 1 is 1.45 bits per heavy atom. The van der Waals surface area contributed by atoms with Gasteiger partial charge in [0.25, 0.3) is 0 Å². The fourth-order valence-electron chi connectivity index (χ4n) is 1.68. The van der Waals surface area contributed by atoms with Crippen molar-refractivity contribution in [3.63, 3.8) is 0 Å². The number of carbonyl (C=O) groups is 1. The van der Waals surface area contributed by atoms with Gasteiger partial charge >= 0.3 is 0 Å². The molecule has 1 amide bonds. The van der Waals surface area contributed by atoms with Crippen LogP contribution in [0.3, 0.4) is 0 Å². The molecule has 0 spiro atoms. The zero-order valence-corrected chi connectivity index (χ0v) is 13.5. The van der Waals surface area contributed by atoms with Crippen molar-refractivity contribution >= 4 is 17.2 Å². The maximum Gasteiger partial charge on any atom is 0.223 e. The van der Waals surface area contributed by atoms with Crippen LogP contribution in [0.25, 0.3) is 0 Å². The summed E-state index contributed by atoms with van der Waals surface area (Å²) in [5, 5.41) is 10.7. The highest BCUT2D eigenvalue weighted by atomic mass is 32.1. The van der Waals surface area contributed by atoms with E-state index < -0.39 is 0 Å². The number of amides is 1. The van der Waals surface area contributed by atoms with Gasteiger partial charge in [0.1, 0.15) is 0 Å². The van der Waals surface area contributed by atoms with Gasteiger partial charge in [0, 0.05) is 26.4 Å². The average molecular weight is 293 g/mol. The van der Waals surface area contributed by atoms with Gasteiger partial charge in [0.2, 0.25) is 5.91 Å². The van der Waals surface area contributed by atoms with Crippen molar-refractivity contribution in [2.24, 2.45) is 5.41 Å². The second-order valence-electron chi connectivity index (χ2n) is 6.08. The van der Waals surface area contributed by atoms with Gasteiger partial charge in [0.05, 0.1) is 11.5 Å². The summed E-state index contributed by atoms with van der Waals surface area (Å²) in [4.78, 5) is 14.8. The van der Waals surface area contributed by atoms with Crippen LogP contribution in [0.15, 0.2) is 11.4 Å². The van der Waals surface area contributed by atoms with Crippen LogP contribution in [0.1, 0.15) is 44.1 Å². The van der Waals surface area contributed by atoms with Gasteiger partial charge < -0.3 is 10.0 Å². The van der Waals surface area contributed by atoms with Crippen LogP contribution in [0.5, 0.6) is 0 Å². The van der Waals surface area contributed by atoms with Gasteiger partial charge in [-0.2, -0.15) is 0 Å². The Labute approximate surface area is 125 Å². The number of hydrogen-bond acceptors (Lipinski definition) is 3. The molecule has 1 rings (SSSR count). The van der Waals surface area contributed by atoms with Gasteiger partial charge in [-0.1, -0.05) is 32.6 Å². The summed E-state index contributed by atoms with van der Waals surface area (Å²) < 4.78 is 0. The lowest BCUT2D eigenvalue weighted by atomic mass is 9.91. The smallest absolute Gasteiger partial charge is 0.223 e. The van der Waals surface area contributed by atoms with Gasteiger partial charge in [-0.25, -0.2) is 0 Å². The maximum absolute atomic E-state index is 12.1. The van der Waals surface area contributed by atoms with Crippen molar-refractivity contribution in [1.82, 2.24) is 4.90 Å². The van der Waals surface area contributed by atoms with Crippen LogP contribution in [0.4, 0.5) is 0 Å². The largest absolute Gasteiger partial charge is 0.395 e. The zero-order chi connectivity index (χ0) is 15.2. The average Bonchev–Trinajstić information content (AvgIpc) is 2.75. The highest BCUT2D eigenvalue weighted by molar-refractivity contribution is 7.10. The maximum atomic E-state index is 12.1. The third-order valence-corrected chi connectivity index (χ3v) is 3.52. The normalized spacial score (nSPS) is 10.8. The van der Waals surface area contributed by atoms with Crippen LogP contribution in [0.2, 0.25) is 0 Å². The molecule has 0 saturated heterocycles. The standard InChI is InChI=1S/C16H23NO2S/c1-16(2,3)10-15(19)17(4)11-13-9-14(20-12-13)7-5-6-8-18/h9,12,18H,6,8,10-11H2,1-4H3. The van der Waals surface area contributed by atoms with Gasteiger partial charge in [0.15, 0.2) is 0 Å². The molecule has 0 radical (unpaired) electrons. The van der Waals surface area contributed by atoms with Crippen LogP contribution in [-0.2, 0) is 11.3 Å². The number of hydrogen-bond donors (Lipinski definition) is 1. The molecule has 1 aromatic heterocycles. The van der Waals surface area contributed by atoms with E-state index in [0.717, 1.165) is 10.4 Å². The summed E-state index contributed by atoms with van der Waals surface area (Å²) in [6.45, 7) is 6.91. The lowest BCUT2D eigenvalue weighted by molar-refractivity contribution is -0.132. The Morgan fingerprint density at radius 3 is 2.75 bits per heavy atom. The molecule has 0 bridgehead atoms. The molecule has 0 aromatic carbocycles. The zero-order valence-electron chi connectivity index (χ0n) is 12.7. The Morgan fingerprint density at radius 2 is 2.15 bits per heavy atom.